The summed E-state index contributed by atoms with van der Waals surface area (Å²) in [7, 11) is 0. The fourth-order valence-corrected chi connectivity index (χ4v) is 3.66. The molecule has 1 aliphatic rings. The van der Waals surface area contributed by atoms with E-state index in [-0.39, 0.29) is 57.1 Å². The van der Waals surface area contributed by atoms with Gasteiger partial charge in [-0.1, -0.05) is 62.2 Å². The van der Waals surface area contributed by atoms with Crippen molar-refractivity contribution < 1.29 is 19.8 Å². The highest BCUT2D eigenvalue weighted by Gasteiger charge is 2.39. The number of benzene rings is 1. The fraction of sp³-hybridized carbons (Fsp3) is 0.391. The van der Waals surface area contributed by atoms with Gasteiger partial charge >= 0.3 is 0 Å². The second-order valence-electron chi connectivity index (χ2n) is 7.77. The van der Waals surface area contributed by atoms with Gasteiger partial charge in [-0.15, -0.1) is 0 Å². The standard InChI is InChI=1S/C23H27ClO4/c1-13(10-11-23(5)14(2)7-9-19(26)16(23)4)6-8-17-21(27)18(12-25)15(3)20(24)22(17)28/h6-7,9-12,14,16,27-28H,8H2,1-5H3/b11-10-,13-6+/t14-,16+,23-/m1/s1. The van der Waals surface area contributed by atoms with Gasteiger partial charge in [0, 0.05) is 16.9 Å². The van der Waals surface area contributed by atoms with Gasteiger partial charge in [0.25, 0.3) is 0 Å². The molecule has 0 unspecified atom stereocenters. The highest BCUT2D eigenvalue weighted by atomic mass is 35.5. The molecule has 0 amide bonds. The topological polar surface area (TPSA) is 74.6 Å². The molecule has 2 rings (SSSR count). The van der Waals surface area contributed by atoms with E-state index in [1.54, 1.807) is 13.0 Å². The lowest BCUT2D eigenvalue weighted by molar-refractivity contribution is -0.121. The van der Waals surface area contributed by atoms with Crippen molar-refractivity contribution in [2.24, 2.45) is 17.3 Å². The Hall–Kier alpha value is -2.33. The minimum Gasteiger partial charge on any atom is -0.507 e. The van der Waals surface area contributed by atoms with Crippen LogP contribution in [0.25, 0.3) is 0 Å². The van der Waals surface area contributed by atoms with Crippen molar-refractivity contribution in [1.82, 2.24) is 0 Å². The zero-order valence-electron chi connectivity index (χ0n) is 16.9. The zero-order valence-corrected chi connectivity index (χ0v) is 17.7. The van der Waals surface area contributed by atoms with E-state index in [0.717, 1.165) is 5.57 Å². The second-order valence-corrected chi connectivity index (χ2v) is 8.15. The van der Waals surface area contributed by atoms with Gasteiger partial charge in [-0.25, -0.2) is 0 Å². The molecule has 4 nitrogen and oxygen atoms in total. The lowest BCUT2D eigenvalue weighted by atomic mass is 9.64. The highest BCUT2D eigenvalue weighted by molar-refractivity contribution is 6.33. The molecule has 0 radical (unpaired) electrons. The minimum atomic E-state index is -0.289. The third-order valence-electron chi connectivity index (χ3n) is 6.11. The quantitative estimate of drug-likeness (QED) is 0.515. The average molecular weight is 403 g/mol. The summed E-state index contributed by atoms with van der Waals surface area (Å²) in [5.41, 5.74) is 1.27. The van der Waals surface area contributed by atoms with Crippen LogP contribution in [-0.2, 0) is 11.2 Å². The number of ketones is 1. The Bertz CT molecular complexity index is 895. The molecule has 5 heteroatoms. The van der Waals surface area contributed by atoms with Crippen LogP contribution >= 0.6 is 11.6 Å². The van der Waals surface area contributed by atoms with E-state index >= 15 is 0 Å². The molecule has 0 bridgehead atoms. The monoisotopic (exact) mass is 402 g/mol. The van der Waals surface area contributed by atoms with E-state index in [2.05, 4.69) is 13.8 Å². The number of hydrogen-bond acceptors (Lipinski definition) is 4. The van der Waals surface area contributed by atoms with E-state index < -0.39 is 0 Å². The number of aromatic hydroxyl groups is 2. The van der Waals surface area contributed by atoms with Crippen LogP contribution in [0.4, 0.5) is 0 Å². The predicted octanol–water partition coefficient (Wildman–Crippen LogP) is 5.33. The summed E-state index contributed by atoms with van der Waals surface area (Å²) in [6.07, 6.45) is 10.2. The second kappa shape index (κ2) is 8.36. The molecule has 1 aromatic rings. The van der Waals surface area contributed by atoms with Crippen LogP contribution in [0.15, 0.2) is 36.0 Å². The first-order chi connectivity index (χ1) is 13.0. The van der Waals surface area contributed by atoms with Crippen LogP contribution in [0.1, 0.15) is 49.2 Å². The molecule has 2 N–H and O–H groups in total. The van der Waals surface area contributed by atoms with E-state index in [0.29, 0.717) is 11.8 Å². The molecule has 0 saturated heterocycles. The fourth-order valence-electron chi connectivity index (χ4n) is 3.45. The van der Waals surface area contributed by atoms with Crippen molar-refractivity contribution >= 4 is 23.7 Å². The Morgan fingerprint density at radius 1 is 1.29 bits per heavy atom. The molecular formula is C23H27ClO4. The van der Waals surface area contributed by atoms with Crippen LogP contribution < -0.4 is 0 Å². The molecule has 28 heavy (non-hydrogen) atoms. The summed E-state index contributed by atoms with van der Waals surface area (Å²) in [6, 6.07) is 0. The van der Waals surface area contributed by atoms with E-state index in [1.807, 2.05) is 38.2 Å². The maximum absolute atomic E-state index is 12.1. The van der Waals surface area contributed by atoms with Gasteiger partial charge in [0.1, 0.15) is 11.5 Å². The highest BCUT2D eigenvalue weighted by Crippen LogP contribution is 2.42. The summed E-state index contributed by atoms with van der Waals surface area (Å²) in [6.45, 7) is 9.58. The normalized spacial score (nSPS) is 25.5. The average Bonchev–Trinajstić information content (AvgIpc) is 2.66. The number of allylic oxidation sites excluding steroid dienone is 6. The number of carbonyl (C=O) groups excluding carboxylic acids is 2. The molecule has 0 aliphatic heterocycles. The van der Waals surface area contributed by atoms with E-state index in [9.17, 15) is 19.8 Å². The largest absolute Gasteiger partial charge is 0.507 e. The van der Waals surface area contributed by atoms with E-state index in [1.165, 1.54) is 0 Å². The molecule has 0 saturated carbocycles. The number of hydrogen-bond donors (Lipinski definition) is 2. The summed E-state index contributed by atoms with van der Waals surface area (Å²) in [5.74, 6) is -0.233. The van der Waals surface area contributed by atoms with Crippen LogP contribution in [0.2, 0.25) is 5.02 Å². The molecule has 0 fully saturated rings. The number of aldehydes is 1. The molecule has 3 atom stereocenters. The lowest BCUT2D eigenvalue weighted by Crippen LogP contribution is -2.37. The van der Waals surface area contributed by atoms with Gasteiger partial charge in [-0.05, 0) is 37.8 Å². The maximum atomic E-state index is 12.1. The summed E-state index contributed by atoms with van der Waals surface area (Å²) < 4.78 is 0. The summed E-state index contributed by atoms with van der Waals surface area (Å²) in [5, 5.41) is 20.7. The first-order valence-electron chi connectivity index (χ1n) is 9.30. The van der Waals surface area contributed by atoms with Gasteiger partial charge in [0.2, 0.25) is 0 Å². The first-order valence-corrected chi connectivity index (χ1v) is 9.68. The Morgan fingerprint density at radius 2 is 1.93 bits per heavy atom. The number of halogens is 1. The Kier molecular flexibility index (Phi) is 6.56. The molecule has 0 aromatic heterocycles. The van der Waals surface area contributed by atoms with E-state index in [4.69, 9.17) is 11.6 Å². The van der Waals surface area contributed by atoms with Crippen molar-refractivity contribution in [3.8, 4) is 11.5 Å². The lowest BCUT2D eigenvalue weighted by Gasteiger charge is -2.38. The van der Waals surface area contributed by atoms with Crippen molar-refractivity contribution in [3.63, 3.8) is 0 Å². The van der Waals surface area contributed by atoms with Crippen molar-refractivity contribution in [3.05, 3.63) is 57.7 Å². The molecule has 1 aromatic carbocycles. The van der Waals surface area contributed by atoms with Crippen LogP contribution in [0.3, 0.4) is 0 Å². The molecule has 0 spiro atoms. The number of carbonyl (C=O) groups is 2. The first kappa shape index (κ1) is 22.0. The van der Waals surface area contributed by atoms with Gasteiger partial charge < -0.3 is 10.2 Å². The van der Waals surface area contributed by atoms with Gasteiger partial charge in [0.05, 0.1) is 10.6 Å². The van der Waals surface area contributed by atoms with Crippen molar-refractivity contribution in [1.29, 1.82) is 0 Å². The third kappa shape index (κ3) is 3.93. The SMILES string of the molecule is CC(/C=C\[C@]1(C)[C@H](C)C=CC(=O)[C@@H]1C)=C\Cc1c(O)c(Cl)c(C)c(C=O)c1O. The third-order valence-corrected chi connectivity index (χ3v) is 6.57. The van der Waals surface area contributed by atoms with Crippen LogP contribution in [0.5, 0.6) is 11.5 Å². The van der Waals surface area contributed by atoms with Gasteiger partial charge in [0.15, 0.2) is 12.1 Å². The van der Waals surface area contributed by atoms with Crippen molar-refractivity contribution in [2.45, 2.75) is 41.0 Å². The molecule has 0 heterocycles. The van der Waals surface area contributed by atoms with Gasteiger partial charge in [-0.2, -0.15) is 0 Å². The number of phenolic OH excluding ortho intramolecular Hbond substituents is 2. The van der Waals surface area contributed by atoms with Gasteiger partial charge in [-0.3, -0.25) is 9.59 Å². The minimum absolute atomic E-state index is 0.0687. The molecular weight excluding hydrogens is 376 g/mol. The summed E-state index contributed by atoms with van der Waals surface area (Å²) in [4.78, 5) is 23.3. The summed E-state index contributed by atoms with van der Waals surface area (Å²) >= 11 is 6.09. The number of rotatable bonds is 5. The number of phenols is 2. The Balaban J connectivity index is 2.30. The Labute approximate surface area is 171 Å². The van der Waals surface area contributed by atoms with Crippen LogP contribution in [0, 0.1) is 24.2 Å². The Morgan fingerprint density at radius 3 is 2.54 bits per heavy atom. The smallest absolute Gasteiger partial charge is 0.159 e. The maximum Gasteiger partial charge on any atom is 0.159 e. The zero-order chi connectivity index (χ0) is 21.2. The molecule has 150 valence electrons. The van der Waals surface area contributed by atoms with Crippen molar-refractivity contribution in [2.75, 3.05) is 0 Å². The predicted molar refractivity (Wildman–Crippen MR) is 112 cm³/mol. The van der Waals surface area contributed by atoms with Crippen LogP contribution in [-0.4, -0.2) is 22.3 Å². The molecule has 1 aliphatic carbocycles.